The van der Waals surface area contributed by atoms with Gasteiger partial charge in [0.2, 0.25) is 0 Å². The molecule has 2 nitrogen and oxygen atoms in total. The Hall–Kier alpha value is -0.930. The quantitative estimate of drug-likeness (QED) is 0.777. The van der Waals surface area contributed by atoms with Crippen molar-refractivity contribution in [1.29, 1.82) is 0 Å². The van der Waals surface area contributed by atoms with E-state index in [1.54, 1.807) is 13.0 Å². The van der Waals surface area contributed by atoms with E-state index in [9.17, 15) is 4.39 Å². The van der Waals surface area contributed by atoms with Crippen molar-refractivity contribution >= 4 is 0 Å². The number of rotatable bonds is 8. The summed E-state index contributed by atoms with van der Waals surface area (Å²) in [4.78, 5) is 2.44. The molecule has 20 heavy (non-hydrogen) atoms. The Morgan fingerprint density at radius 1 is 1.25 bits per heavy atom. The van der Waals surface area contributed by atoms with Crippen LogP contribution in [0.2, 0.25) is 0 Å². The van der Waals surface area contributed by atoms with Crippen molar-refractivity contribution in [2.24, 2.45) is 0 Å². The molecule has 0 heterocycles. The van der Waals surface area contributed by atoms with Gasteiger partial charge >= 0.3 is 0 Å². The minimum absolute atomic E-state index is 0.110. The molecule has 0 bridgehead atoms. The van der Waals surface area contributed by atoms with E-state index in [1.807, 2.05) is 12.1 Å². The highest BCUT2D eigenvalue weighted by atomic mass is 19.1. The van der Waals surface area contributed by atoms with Gasteiger partial charge in [0, 0.05) is 18.6 Å². The molecule has 1 rings (SSSR count). The highest BCUT2D eigenvalue weighted by Gasteiger charge is 2.14. The molecule has 3 heteroatoms. The molecule has 0 saturated heterocycles. The van der Waals surface area contributed by atoms with Gasteiger partial charge in [-0.05, 0) is 57.5 Å². The van der Waals surface area contributed by atoms with Crippen molar-refractivity contribution in [3.05, 3.63) is 35.1 Å². The summed E-state index contributed by atoms with van der Waals surface area (Å²) in [5.41, 5.74) is 1.76. The molecule has 0 aliphatic carbocycles. The molecule has 0 aliphatic rings. The Bertz CT molecular complexity index is 404. The lowest BCUT2D eigenvalue weighted by molar-refractivity contribution is 0.220. The number of nitrogens with one attached hydrogen (secondary N) is 1. The third-order valence-corrected chi connectivity index (χ3v) is 3.89. The third kappa shape index (κ3) is 4.88. The van der Waals surface area contributed by atoms with E-state index >= 15 is 0 Å². The maximum Gasteiger partial charge on any atom is 0.126 e. The van der Waals surface area contributed by atoms with Crippen molar-refractivity contribution in [3.8, 4) is 0 Å². The molecular formula is C17H29FN2. The Kier molecular flexibility index (Phi) is 7.17. The summed E-state index contributed by atoms with van der Waals surface area (Å²) in [6.07, 6.45) is 1.00. The SMILES string of the molecule is CCNC(CCN(CC)C(C)C)c1ccc(C)c(F)c1. The first-order valence-electron chi connectivity index (χ1n) is 7.73. The fourth-order valence-corrected chi connectivity index (χ4v) is 2.54. The highest BCUT2D eigenvalue weighted by Crippen LogP contribution is 2.20. The smallest absolute Gasteiger partial charge is 0.126 e. The zero-order valence-corrected chi connectivity index (χ0v) is 13.5. The average molecular weight is 280 g/mol. The molecule has 0 spiro atoms. The first kappa shape index (κ1) is 17.1. The second-order valence-corrected chi connectivity index (χ2v) is 5.63. The predicted octanol–water partition coefficient (Wildman–Crippen LogP) is 3.91. The van der Waals surface area contributed by atoms with Crippen molar-refractivity contribution in [1.82, 2.24) is 10.2 Å². The van der Waals surface area contributed by atoms with Gasteiger partial charge in [-0.25, -0.2) is 4.39 Å². The van der Waals surface area contributed by atoms with Crippen LogP contribution >= 0.6 is 0 Å². The Balaban J connectivity index is 2.75. The number of benzene rings is 1. The predicted molar refractivity (Wildman–Crippen MR) is 84.6 cm³/mol. The summed E-state index contributed by atoms with van der Waals surface area (Å²) in [5.74, 6) is -0.110. The van der Waals surface area contributed by atoms with Crippen LogP contribution in [-0.4, -0.2) is 30.6 Å². The summed E-state index contributed by atoms with van der Waals surface area (Å²) in [6.45, 7) is 13.5. The van der Waals surface area contributed by atoms with Crippen LogP contribution in [0.4, 0.5) is 4.39 Å². The van der Waals surface area contributed by atoms with Gasteiger partial charge in [-0.3, -0.25) is 0 Å². The molecule has 0 aliphatic heterocycles. The van der Waals surface area contributed by atoms with E-state index in [2.05, 4.69) is 37.9 Å². The van der Waals surface area contributed by atoms with Crippen LogP contribution in [0.15, 0.2) is 18.2 Å². The molecular weight excluding hydrogens is 251 g/mol. The summed E-state index contributed by atoms with van der Waals surface area (Å²) in [7, 11) is 0. The highest BCUT2D eigenvalue weighted by molar-refractivity contribution is 5.25. The molecule has 114 valence electrons. The van der Waals surface area contributed by atoms with Crippen LogP contribution in [0.1, 0.15) is 51.3 Å². The van der Waals surface area contributed by atoms with E-state index < -0.39 is 0 Å². The van der Waals surface area contributed by atoms with Gasteiger partial charge in [0.15, 0.2) is 0 Å². The second-order valence-electron chi connectivity index (χ2n) is 5.63. The van der Waals surface area contributed by atoms with E-state index in [4.69, 9.17) is 0 Å². The second kappa shape index (κ2) is 8.38. The normalized spacial score (nSPS) is 13.2. The van der Waals surface area contributed by atoms with Crippen LogP contribution in [-0.2, 0) is 0 Å². The monoisotopic (exact) mass is 280 g/mol. The molecule has 1 aromatic rings. The summed E-state index contributed by atoms with van der Waals surface area (Å²) >= 11 is 0. The molecule has 0 amide bonds. The Morgan fingerprint density at radius 2 is 1.95 bits per heavy atom. The average Bonchev–Trinajstić information content (AvgIpc) is 2.41. The molecule has 0 radical (unpaired) electrons. The van der Waals surface area contributed by atoms with E-state index in [0.29, 0.717) is 11.6 Å². The summed E-state index contributed by atoms with van der Waals surface area (Å²) in [6, 6.07) is 6.36. The molecule has 1 aromatic carbocycles. The number of aryl methyl sites for hydroxylation is 1. The summed E-state index contributed by atoms with van der Waals surface area (Å²) < 4.78 is 13.7. The first-order chi connectivity index (χ1) is 9.49. The number of halogens is 1. The van der Waals surface area contributed by atoms with Crippen LogP contribution in [0, 0.1) is 12.7 Å². The first-order valence-corrected chi connectivity index (χ1v) is 7.73. The lowest BCUT2D eigenvalue weighted by Crippen LogP contribution is -2.34. The lowest BCUT2D eigenvalue weighted by atomic mass is 10.0. The third-order valence-electron chi connectivity index (χ3n) is 3.89. The molecule has 1 atom stereocenters. The Morgan fingerprint density at radius 3 is 2.45 bits per heavy atom. The van der Waals surface area contributed by atoms with Crippen molar-refractivity contribution in [2.45, 2.75) is 53.1 Å². The van der Waals surface area contributed by atoms with Gasteiger partial charge in [-0.1, -0.05) is 26.0 Å². The minimum atomic E-state index is -0.110. The van der Waals surface area contributed by atoms with Crippen molar-refractivity contribution in [3.63, 3.8) is 0 Å². The van der Waals surface area contributed by atoms with Gasteiger partial charge < -0.3 is 10.2 Å². The van der Waals surface area contributed by atoms with Gasteiger partial charge in [-0.15, -0.1) is 0 Å². The largest absolute Gasteiger partial charge is 0.310 e. The van der Waals surface area contributed by atoms with E-state index in [-0.39, 0.29) is 11.9 Å². The van der Waals surface area contributed by atoms with Crippen LogP contribution in [0.5, 0.6) is 0 Å². The van der Waals surface area contributed by atoms with Crippen LogP contribution in [0.3, 0.4) is 0 Å². The molecule has 0 fully saturated rings. The summed E-state index contributed by atoms with van der Waals surface area (Å²) in [5, 5.41) is 3.47. The zero-order valence-electron chi connectivity index (χ0n) is 13.5. The minimum Gasteiger partial charge on any atom is -0.310 e. The molecule has 1 N–H and O–H groups in total. The topological polar surface area (TPSA) is 15.3 Å². The number of nitrogens with zero attached hydrogens (tertiary/aromatic N) is 1. The maximum absolute atomic E-state index is 13.7. The fourth-order valence-electron chi connectivity index (χ4n) is 2.54. The Labute approximate surface area is 123 Å². The molecule has 1 unspecified atom stereocenters. The standard InChI is InChI=1S/C17H29FN2/c1-6-19-17(10-11-20(7-2)13(3)4)15-9-8-14(5)16(18)12-15/h8-9,12-13,17,19H,6-7,10-11H2,1-5H3. The van der Waals surface area contributed by atoms with Gasteiger partial charge in [0.25, 0.3) is 0 Å². The van der Waals surface area contributed by atoms with Crippen LogP contribution < -0.4 is 5.32 Å². The van der Waals surface area contributed by atoms with Gasteiger partial charge in [0.05, 0.1) is 0 Å². The molecule has 0 aromatic heterocycles. The lowest BCUT2D eigenvalue weighted by Gasteiger charge is -2.27. The van der Waals surface area contributed by atoms with Crippen molar-refractivity contribution in [2.75, 3.05) is 19.6 Å². The fraction of sp³-hybridized carbons (Fsp3) is 0.647. The molecule has 0 saturated carbocycles. The number of hydrogen-bond donors (Lipinski definition) is 1. The maximum atomic E-state index is 13.7. The number of hydrogen-bond acceptors (Lipinski definition) is 2. The van der Waals surface area contributed by atoms with Crippen LogP contribution in [0.25, 0.3) is 0 Å². The van der Waals surface area contributed by atoms with E-state index in [1.165, 1.54) is 0 Å². The van der Waals surface area contributed by atoms with Gasteiger partial charge in [-0.2, -0.15) is 0 Å². The zero-order chi connectivity index (χ0) is 15.1. The van der Waals surface area contributed by atoms with Crippen molar-refractivity contribution < 1.29 is 4.39 Å². The van der Waals surface area contributed by atoms with Gasteiger partial charge in [0.1, 0.15) is 5.82 Å². The van der Waals surface area contributed by atoms with E-state index in [0.717, 1.165) is 31.6 Å².